The summed E-state index contributed by atoms with van der Waals surface area (Å²) in [5.74, 6) is 1.04. The summed E-state index contributed by atoms with van der Waals surface area (Å²) < 4.78 is 5.43. The van der Waals surface area contributed by atoms with Gasteiger partial charge in [0.1, 0.15) is 5.75 Å². The van der Waals surface area contributed by atoms with Gasteiger partial charge in [-0.15, -0.1) is 0 Å². The second-order valence-electron chi connectivity index (χ2n) is 3.77. The van der Waals surface area contributed by atoms with Crippen molar-refractivity contribution in [3.8, 4) is 5.75 Å². The van der Waals surface area contributed by atoms with Gasteiger partial charge in [-0.2, -0.15) is 0 Å². The van der Waals surface area contributed by atoms with Gasteiger partial charge in [0.25, 0.3) is 0 Å². The van der Waals surface area contributed by atoms with Crippen LogP contribution in [-0.2, 0) is 17.6 Å². The summed E-state index contributed by atoms with van der Waals surface area (Å²) in [4.78, 5) is 10.7. The number of benzene rings is 1. The molecule has 3 heteroatoms. The highest BCUT2D eigenvalue weighted by Gasteiger charge is 2.11. The summed E-state index contributed by atoms with van der Waals surface area (Å²) in [7, 11) is 0. The van der Waals surface area contributed by atoms with Crippen LogP contribution in [-0.4, -0.2) is 19.1 Å². The second kappa shape index (κ2) is 4.34. The van der Waals surface area contributed by atoms with E-state index < -0.39 is 0 Å². The van der Waals surface area contributed by atoms with Crippen molar-refractivity contribution in [2.24, 2.45) is 0 Å². The highest BCUT2D eigenvalue weighted by atomic mass is 16.5. The molecule has 0 spiro atoms. The fraction of sp³-hybridized carbons (Fsp3) is 0.417. The summed E-state index contributed by atoms with van der Waals surface area (Å²) in [6, 6.07) is 6.25. The molecule has 1 aromatic rings. The van der Waals surface area contributed by atoms with Gasteiger partial charge in [0.2, 0.25) is 5.91 Å². The molecule has 1 aliphatic rings. The maximum Gasteiger partial charge on any atom is 0.216 e. The monoisotopic (exact) mass is 205 g/mol. The molecule has 3 nitrogen and oxygen atoms in total. The third-order valence-electron chi connectivity index (χ3n) is 2.54. The molecule has 0 atom stereocenters. The van der Waals surface area contributed by atoms with Crippen LogP contribution in [0.2, 0.25) is 0 Å². The summed E-state index contributed by atoms with van der Waals surface area (Å²) in [5, 5.41) is 2.79. The Balaban J connectivity index is 1.95. The van der Waals surface area contributed by atoms with Gasteiger partial charge in [-0.05, 0) is 23.6 Å². The van der Waals surface area contributed by atoms with Crippen molar-refractivity contribution in [2.75, 3.05) is 13.2 Å². The van der Waals surface area contributed by atoms with Gasteiger partial charge in [-0.25, -0.2) is 0 Å². The van der Waals surface area contributed by atoms with Crippen LogP contribution in [0.4, 0.5) is 0 Å². The zero-order chi connectivity index (χ0) is 10.7. The van der Waals surface area contributed by atoms with E-state index in [0.717, 1.165) is 25.2 Å². The lowest BCUT2D eigenvalue weighted by molar-refractivity contribution is -0.118. The highest BCUT2D eigenvalue weighted by molar-refractivity contribution is 5.72. The number of fused-ring (bicyclic) bond motifs is 1. The molecular weight excluding hydrogens is 190 g/mol. The fourth-order valence-corrected chi connectivity index (χ4v) is 1.78. The number of carbonyl (C=O) groups excluding carboxylic acids is 1. The maximum absolute atomic E-state index is 10.7. The van der Waals surface area contributed by atoms with Crippen LogP contribution in [0.25, 0.3) is 0 Å². The van der Waals surface area contributed by atoms with E-state index in [4.69, 9.17) is 4.74 Å². The first kappa shape index (κ1) is 10.0. The van der Waals surface area contributed by atoms with E-state index in [1.54, 1.807) is 0 Å². The molecule has 1 amide bonds. The number of nitrogens with one attached hydrogen (secondary N) is 1. The average Bonchev–Trinajstić information content (AvgIpc) is 2.64. The van der Waals surface area contributed by atoms with E-state index in [9.17, 15) is 4.79 Å². The zero-order valence-corrected chi connectivity index (χ0v) is 8.88. The van der Waals surface area contributed by atoms with Gasteiger partial charge >= 0.3 is 0 Å². The Morgan fingerprint density at radius 1 is 1.53 bits per heavy atom. The van der Waals surface area contributed by atoms with Gasteiger partial charge in [-0.3, -0.25) is 4.79 Å². The molecule has 1 N–H and O–H groups in total. The highest BCUT2D eigenvalue weighted by Crippen LogP contribution is 2.25. The lowest BCUT2D eigenvalue weighted by Crippen LogP contribution is -2.22. The molecule has 0 fully saturated rings. The van der Waals surface area contributed by atoms with Gasteiger partial charge in [-0.1, -0.05) is 12.1 Å². The molecule has 0 unspecified atom stereocenters. The van der Waals surface area contributed by atoms with Crippen LogP contribution >= 0.6 is 0 Å². The van der Waals surface area contributed by atoms with Gasteiger partial charge in [0, 0.05) is 19.9 Å². The average molecular weight is 205 g/mol. The Kier molecular flexibility index (Phi) is 2.90. The molecule has 0 saturated heterocycles. The molecular formula is C12H15NO2. The van der Waals surface area contributed by atoms with Crippen LogP contribution in [0.1, 0.15) is 18.1 Å². The SMILES string of the molecule is CC(=O)NCCc1ccc2c(c1)CCO2. The predicted octanol–water partition coefficient (Wildman–Crippen LogP) is 1.30. The van der Waals surface area contributed by atoms with Crippen LogP contribution < -0.4 is 10.1 Å². The van der Waals surface area contributed by atoms with Crippen molar-refractivity contribution in [3.05, 3.63) is 29.3 Å². The van der Waals surface area contributed by atoms with E-state index >= 15 is 0 Å². The summed E-state index contributed by atoms with van der Waals surface area (Å²) >= 11 is 0. The Labute approximate surface area is 89.4 Å². The molecule has 0 radical (unpaired) electrons. The molecule has 1 aliphatic heterocycles. The van der Waals surface area contributed by atoms with Crippen LogP contribution in [0.15, 0.2) is 18.2 Å². The first-order valence-electron chi connectivity index (χ1n) is 5.25. The van der Waals surface area contributed by atoms with Crippen molar-refractivity contribution < 1.29 is 9.53 Å². The Morgan fingerprint density at radius 2 is 2.40 bits per heavy atom. The topological polar surface area (TPSA) is 38.3 Å². The first-order valence-corrected chi connectivity index (χ1v) is 5.25. The Bertz CT molecular complexity index is 374. The van der Waals surface area contributed by atoms with E-state index in [2.05, 4.69) is 17.4 Å². The van der Waals surface area contributed by atoms with Crippen molar-refractivity contribution >= 4 is 5.91 Å². The zero-order valence-electron chi connectivity index (χ0n) is 8.88. The number of carbonyl (C=O) groups is 1. The molecule has 80 valence electrons. The number of amides is 1. The van der Waals surface area contributed by atoms with Crippen molar-refractivity contribution in [1.82, 2.24) is 5.32 Å². The summed E-state index contributed by atoms with van der Waals surface area (Å²) in [6.07, 6.45) is 1.89. The normalized spacial score (nSPS) is 13.1. The quantitative estimate of drug-likeness (QED) is 0.807. The Morgan fingerprint density at radius 3 is 3.20 bits per heavy atom. The molecule has 0 aliphatic carbocycles. The molecule has 1 aromatic carbocycles. The number of hydrogen-bond donors (Lipinski definition) is 1. The number of rotatable bonds is 3. The standard InChI is InChI=1S/C12H15NO2/c1-9(14)13-6-4-10-2-3-12-11(8-10)5-7-15-12/h2-3,8H,4-7H2,1H3,(H,13,14). The summed E-state index contributed by atoms with van der Waals surface area (Å²) in [5.41, 5.74) is 2.54. The second-order valence-corrected chi connectivity index (χ2v) is 3.77. The van der Waals surface area contributed by atoms with E-state index in [1.807, 2.05) is 6.07 Å². The molecule has 15 heavy (non-hydrogen) atoms. The van der Waals surface area contributed by atoms with Crippen LogP contribution in [0.5, 0.6) is 5.75 Å². The minimum absolute atomic E-state index is 0.0273. The molecule has 0 aromatic heterocycles. The first-order chi connectivity index (χ1) is 7.25. The van der Waals surface area contributed by atoms with Gasteiger partial charge in [0.15, 0.2) is 0 Å². The van der Waals surface area contributed by atoms with Crippen molar-refractivity contribution in [1.29, 1.82) is 0 Å². The van der Waals surface area contributed by atoms with Crippen LogP contribution in [0, 0.1) is 0 Å². The van der Waals surface area contributed by atoms with Crippen LogP contribution in [0.3, 0.4) is 0 Å². The lowest BCUT2D eigenvalue weighted by Gasteiger charge is -2.04. The minimum atomic E-state index is 0.0273. The fourth-order valence-electron chi connectivity index (χ4n) is 1.78. The molecule has 0 saturated carbocycles. The number of ether oxygens (including phenoxy) is 1. The smallest absolute Gasteiger partial charge is 0.216 e. The third-order valence-corrected chi connectivity index (χ3v) is 2.54. The maximum atomic E-state index is 10.7. The third kappa shape index (κ3) is 2.49. The van der Waals surface area contributed by atoms with E-state index in [1.165, 1.54) is 18.1 Å². The van der Waals surface area contributed by atoms with Gasteiger partial charge in [0.05, 0.1) is 6.61 Å². The van der Waals surface area contributed by atoms with Crippen molar-refractivity contribution in [2.45, 2.75) is 19.8 Å². The largest absolute Gasteiger partial charge is 0.493 e. The van der Waals surface area contributed by atoms with E-state index in [-0.39, 0.29) is 5.91 Å². The lowest BCUT2D eigenvalue weighted by atomic mass is 10.1. The predicted molar refractivity (Wildman–Crippen MR) is 58.0 cm³/mol. The van der Waals surface area contributed by atoms with Gasteiger partial charge < -0.3 is 10.1 Å². The number of hydrogen-bond acceptors (Lipinski definition) is 2. The minimum Gasteiger partial charge on any atom is -0.493 e. The molecule has 2 rings (SSSR count). The van der Waals surface area contributed by atoms with Crippen molar-refractivity contribution in [3.63, 3.8) is 0 Å². The Hall–Kier alpha value is -1.51. The summed E-state index contributed by atoms with van der Waals surface area (Å²) in [6.45, 7) is 3.04. The van der Waals surface area contributed by atoms with E-state index in [0.29, 0.717) is 6.54 Å². The molecule has 0 bridgehead atoms. The molecule has 1 heterocycles.